The highest BCUT2D eigenvalue weighted by atomic mass is 14.9. The lowest BCUT2D eigenvalue weighted by Gasteiger charge is -2.12. The lowest BCUT2D eigenvalue weighted by molar-refractivity contribution is 0.589. The van der Waals surface area contributed by atoms with Gasteiger partial charge in [-0.05, 0) is 40.7 Å². The molecule has 1 nitrogen and oxygen atoms in total. The van der Waals surface area contributed by atoms with Gasteiger partial charge in [0.25, 0.3) is 0 Å². The second-order valence-electron chi connectivity index (χ2n) is 6.46. The molecule has 2 aromatic carbocycles. The quantitative estimate of drug-likeness (QED) is 0.786. The first-order valence-corrected chi connectivity index (χ1v) is 7.90. The number of hydrogen-bond acceptors (Lipinski definition) is 1. The van der Waals surface area contributed by atoms with Gasteiger partial charge >= 0.3 is 0 Å². The molecule has 0 atom stereocenters. The van der Waals surface area contributed by atoms with E-state index in [4.69, 9.17) is 0 Å². The van der Waals surface area contributed by atoms with Crippen molar-refractivity contribution in [2.45, 2.75) is 53.1 Å². The lowest BCUT2D eigenvalue weighted by Crippen LogP contribution is -2.21. The summed E-state index contributed by atoms with van der Waals surface area (Å²) in [6, 6.07) is 16.3. The van der Waals surface area contributed by atoms with Gasteiger partial charge in [0.05, 0.1) is 0 Å². The minimum atomic E-state index is 0.522. The SMILES string of the molecule is Cc1cc(CNC(C)C)ccc1-c1ccc(C(C)C)cc1. The number of rotatable bonds is 5. The molecule has 0 radical (unpaired) electrons. The minimum Gasteiger partial charge on any atom is -0.310 e. The number of aryl methyl sites for hydroxylation is 1. The molecule has 0 heterocycles. The van der Waals surface area contributed by atoms with Crippen molar-refractivity contribution in [1.82, 2.24) is 5.32 Å². The van der Waals surface area contributed by atoms with Gasteiger partial charge in [-0.3, -0.25) is 0 Å². The van der Waals surface area contributed by atoms with Gasteiger partial charge in [0.15, 0.2) is 0 Å². The van der Waals surface area contributed by atoms with Crippen molar-refractivity contribution in [3.63, 3.8) is 0 Å². The van der Waals surface area contributed by atoms with Crippen molar-refractivity contribution in [3.05, 3.63) is 59.2 Å². The van der Waals surface area contributed by atoms with E-state index < -0.39 is 0 Å². The van der Waals surface area contributed by atoms with E-state index in [-0.39, 0.29) is 0 Å². The fourth-order valence-electron chi connectivity index (χ4n) is 2.53. The van der Waals surface area contributed by atoms with Gasteiger partial charge in [0, 0.05) is 12.6 Å². The van der Waals surface area contributed by atoms with Crippen LogP contribution in [-0.2, 0) is 6.54 Å². The molecule has 0 unspecified atom stereocenters. The van der Waals surface area contributed by atoms with Crippen LogP contribution in [0.5, 0.6) is 0 Å². The summed E-state index contributed by atoms with van der Waals surface area (Å²) < 4.78 is 0. The Hall–Kier alpha value is -1.60. The second-order valence-corrected chi connectivity index (χ2v) is 6.46. The van der Waals surface area contributed by atoms with Crippen LogP contribution in [0.25, 0.3) is 11.1 Å². The van der Waals surface area contributed by atoms with Gasteiger partial charge in [0.1, 0.15) is 0 Å². The first-order chi connectivity index (χ1) is 9.97. The Labute approximate surface area is 129 Å². The van der Waals surface area contributed by atoms with Crippen LogP contribution in [0, 0.1) is 6.92 Å². The second kappa shape index (κ2) is 6.91. The zero-order valence-corrected chi connectivity index (χ0v) is 13.9. The third-order valence-electron chi connectivity index (χ3n) is 3.89. The van der Waals surface area contributed by atoms with Crippen LogP contribution in [0.3, 0.4) is 0 Å². The Morgan fingerprint density at radius 1 is 0.905 bits per heavy atom. The third kappa shape index (κ3) is 4.18. The van der Waals surface area contributed by atoms with E-state index in [0.717, 1.165) is 6.54 Å². The smallest absolute Gasteiger partial charge is 0.0207 e. The van der Waals surface area contributed by atoms with Crippen LogP contribution in [0.2, 0.25) is 0 Å². The molecule has 0 aliphatic rings. The molecule has 0 saturated heterocycles. The number of nitrogens with one attached hydrogen (secondary N) is 1. The molecule has 0 aromatic heterocycles. The van der Waals surface area contributed by atoms with Crippen molar-refractivity contribution in [1.29, 1.82) is 0 Å². The highest BCUT2D eigenvalue weighted by molar-refractivity contribution is 5.67. The van der Waals surface area contributed by atoms with Crippen LogP contribution >= 0.6 is 0 Å². The molecule has 0 amide bonds. The van der Waals surface area contributed by atoms with Gasteiger partial charge in [-0.2, -0.15) is 0 Å². The molecule has 0 fully saturated rings. The van der Waals surface area contributed by atoms with Crippen LogP contribution in [0.1, 0.15) is 50.3 Å². The fraction of sp³-hybridized carbons (Fsp3) is 0.400. The highest BCUT2D eigenvalue weighted by Crippen LogP contribution is 2.26. The molecule has 0 spiro atoms. The molecule has 1 N–H and O–H groups in total. The molecule has 1 heteroatoms. The van der Waals surface area contributed by atoms with E-state index >= 15 is 0 Å². The van der Waals surface area contributed by atoms with Gasteiger partial charge in [-0.25, -0.2) is 0 Å². The van der Waals surface area contributed by atoms with Gasteiger partial charge < -0.3 is 5.32 Å². The Morgan fingerprint density at radius 3 is 2.10 bits per heavy atom. The lowest BCUT2D eigenvalue weighted by atomic mass is 9.95. The number of benzene rings is 2. The van der Waals surface area contributed by atoms with Crippen molar-refractivity contribution in [2.24, 2.45) is 0 Å². The molecular formula is C20H27N. The summed E-state index contributed by atoms with van der Waals surface area (Å²) in [6.45, 7) is 12.0. The normalized spacial score (nSPS) is 11.4. The summed E-state index contributed by atoms with van der Waals surface area (Å²) in [5.74, 6) is 0.588. The van der Waals surface area contributed by atoms with E-state index in [9.17, 15) is 0 Å². The van der Waals surface area contributed by atoms with E-state index in [0.29, 0.717) is 12.0 Å². The minimum absolute atomic E-state index is 0.522. The molecule has 0 aliphatic carbocycles. The first-order valence-electron chi connectivity index (χ1n) is 7.90. The molecule has 0 bridgehead atoms. The Morgan fingerprint density at radius 2 is 1.57 bits per heavy atom. The highest BCUT2D eigenvalue weighted by Gasteiger charge is 2.05. The molecule has 0 saturated carbocycles. The van der Waals surface area contributed by atoms with Crippen LogP contribution in [-0.4, -0.2) is 6.04 Å². The molecule has 112 valence electrons. The summed E-state index contributed by atoms with van der Waals surface area (Å²) in [5, 5.41) is 3.47. The maximum Gasteiger partial charge on any atom is 0.0207 e. The first kappa shape index (κ1) is 15.8. The molecule has 21 heavy (non-hydrogen) atoms. The predicted molar refractivity (Wildman–Crippen MR) is 92.7 cm³/mol. The largest absolute Gasteiger partial charge is 0.310 e. The molecule has 0 aliphatic heterocycles. The topological polar surface area (TPSA) is 12.0 Å². The van der Waals surface area contributed by atoms with E-state index in [2.05, 4.69) is 82.4 Å². The van der Waals surface area contributed by atoms with Gasteiger partial charge in [-0.1, -0.05) is 70.2 Å². The predicted octanol–water partition coefficient (Wildman–Crippen LogP) is 5.28. The van der Waals surface area contributed by atoms with E-state index in [1.807, 2.05) is 0 Å². The van der Waals surface area contributed by atoms with Crippen molar-refractivity contribution in [2.75, 3.05) is 0 Å². The van der Waals surface area contributed by atoms with Gasteiger partial charge in [0.2, 0.25) is 0 Å². The van der Waals surface area contributed by atoms with Crippen molar-refractivity contribution >= 4 is 0 Å². The third-order valence-corrected chi connectivity index (χ3v) is 3.89. The van der Waals surface area contributed by atoms with Crippen molar-refractivity contribution < 1.29 is 0 Å². The van der Waals surface area contributed by atoms with Crippen LogP contribution < -0.4 is 5.32 Å². The van der Waals surface area contributed by atoms with Crippen LogP contribution in [0.15, 0.2) is 42.5 Å². The summed E-state index contributed by atoms with van der Waals surface area (Å²) in [7, 11) is 0. The van der Waals surface area contributed by atoms with Gasteiger partial charge in [-0.15, -0.1) is 0 Å². The van der Waals surface area contributed by atoms with E-state index in [1.54, 1.807) is 0 Å². The molecule has 2 rings (SSSR count). The summed E-state index contributed by atoms with van der Waals surface area (Å²) in [6.07, 6.45) is 0. The maximum atomic E-state index is 3.47. The Kier molecular flexibility index (Phi) is 5.19. The maximum absolute atomic E-state index is 3.47. The fourth-order valence-corrected chi connectivity index (χ4v) is 2.53. The van der Waals surface area contributed by atoms with Crippen molar-refractivity contribution in [3.8, 4) is 11.1 Å². The monoisotopic (exact) mass is 281 g/mol. The summed E-state index contributed by atoms with van der Waals surface area (Å²) >= 11 is 0. The number of hydrogen-bond donors (Lipinski definition) is 1. The van der Waals surface area contributed by atoms with E-state index in [1.165, 1.54) is 27.8 Å². The average molecular weight is 281 g/mol. The van der Waals surface area contributed by atoms with Crippen LogP contribution in [0.4, 0.5) is 0 Å². The summed E-state index contributed by atoms with van der Waals surface area (Å²) in [4.78, 5) is 0. The average Bonchev–Trinajstić information content (AvgIpc) is 2.45. The Balaban J connectivity index is 2.20. The zero-order valence-electron chi connectivity index (χ0n) is 13.9. The molecular weight excluding hydrogens is 254 g/mol. The summed E-state index contributed by atoms with van der Waals surface area (Å²) in [5.41, 5.74) is 6.73. The standard InChI is InChI=1S/C20H27N/c1-14(2)18-7-9-19(10-8-18)20-11-6-17(12-16(20)5)13-21-15(3)4/h6-12,14-15,21H,13H2,1-5H3. The molecule has 2 aromatic rings. The Bertz CT molecular complexity index is 579. The zero-order chi connectivity index (χ0) is 15.4.